The van der Waals surface area contributed by atoms with Crippen LogP contribution in [0.3, 0.4) is 0 Å². The second kappa shape index (κ2) is 6.00. The number of nitrogens with one attached hydrogen (secondary N) is 1. The van der Waals surface area contributed by atoms with E-state index in [1.54, 1.807) is 18.2 Å². The summed E-state index contributed by atoms with van der Waals surface area (Å²) in [4.78, 5) is 7.73. The molecule has 0 aliphatic rings. The quantitative estimate of drug-likeness (QED) is 0.876. The Kier molecular flexibility index (Phi) is 4.14. The van der Waals surface area contributed by atoms with Gasteiger partial charge in [-0.05, 0) is 12.1 Å². The zero-order valence-corrected chi connectivity index (χ0v) is 10.5. The van der Waals surface area contributed by atoms with Crippen molar-refractivity contribution in [3.05, 3.63) is 30.6 Å². The minimum atomic E-state index is -2.92. The molecule has 106 valence electrons. The van der Waals surface area contributed by atoms with Crippen molar-refractivity contribution in [2.45, 2.75) is 6.61 Å². The van der Waals surface area contributed by atoms with Crippen molar-refractivity contribution in [3.8, 4) is 11.5 Å². The summed E-state index contributed by atoms with van der Waals surface area (Å²) in [6.45, 7) is -2.92. The van der Waals surface area contributed by atoms with Crippen molar-refractivity contribution >= 4 is 17.3 Å². The lowest BCUT2D eigenvalue weighted by Crippen LogP contribution is -2.06. The zero-order valence-electron chi connectivity index (χ0n) is 10.5. The van der Waals surface area contributed by atoms with Crippen LogP contribution in [0.15, 0.2) is 30.6 Å². The number of nitrogens with two attached hydrogens (primary N) is 1. The Morgan fingerprint density at radius 2 is 2.00 bits per heavy atom. The molecule has 3 N–H and O–H groups in total. The summed E-state index contributed by atoms with van der Waals surface area (Å²) in [7, 11) is 1.40. The van der Waals surface area contributed by atoms with E-state index in [1.807, 2.05) is 0 Å². The van der Waals surface area contributed by atoms with Crippen LogP contribution in [0.4, 0.5) is 26.1 Å². The highest BCUT2D eigenvalue weighted by atomic mass is 19.3. The van der Waals surface area contributed by atoms with Gasteiger partial charge in [-0.1, -0.05) is 12.1 Å². The third kappa shape index (κ3) is 3.02. The van der Waals surface area contributed by atoms with Gasteiger partial charge in [0.1, 0.15) is 12.1 Å². The molecule has 8 heteroatoms. The van der Waals surface area contributed by atoms with Crippen LogP contribution in [0.2, 0.25) is 0 Å². The summed E-state index contributed by atoms with van der Waals surface area (Å²) >= 11 is 0. The Morgan fingerprint density at radius 1 is 1.25 bits per heavy atom. The molecule has 6 nitrogen and oxygen atoms in total. The molecule has 0 saturated carbocycles. The summed E-state index contributed by atoms with van der Waals surface area (Å²) < 4.78 is 34.1. The average molecular weight is 282 g/mol. The molecule has 0 saturated heterocycles. The Labute approximate surface area is 113 Å². The average Bonchev–Trinajstić information content (AvgIpc) is 2.41. The molecule has 2 rings (SSSR count). The van der Waals surface area contributed by atoms with Crippen LogP contribution in [0, 0.1) is 0 Å². The Bertz CT molecular complexity index is 595. The van der Waals surface area contributed by atoms with Crippen LogP contribution in [0.1, 0.15) is 0 Å². The van der Waals surface area contributed by atoms with Gasteiger partial charge in [0.05, 0.1) is 12.8 Å². The third-order valence-electron chi connectivity index (χ3n) is 2.39. The number of nitrogen functional groups attached to an aromatic ring is 1. The zero-order chi connectivity index (χ0) is 14.5. The van der Waals surface area contributed by atoms with Crippen LogP contribution >= 0.6 is 0 Å². The monoisotopic (exact) mass is 282 g/mol. The highest BCUT2D eigenvalue weighted by Gasteiger charge is 2.13. The van der Waals surface area contributed by atoms with E-state index in [4.69, 9.17) is 10.5 Å². The van der Waals surface area contributed by atoms with E-state index in [2.05, 4.69) is 20.0 Å². The molecule has 0 amide bonds. The number of ether oxygens (including phenoxy) is 2. The Hall–Kier alpha value is -2.64. The van der Waals surface area contributed by atoms with Gasteiger partial charge in [0.2, 0.25) is 5.75 Å². The number of benzene rings is 1. The molecular formula is C12H12F2N4O2. The normalized spacial score (nSPS) is 10.4. The molecule has 20 heavy (non-hydrogen) atoms. The molecule has 0 aliphatic heterocycles. The molecule has 0 unspecified atom stereocenters. The molecule has 0 bridgehead atoms. The molecule has 1 aromatic carbocycles. The van der Waals surface area contributed by atoms with E-state index in [0.717, 1.165) is 0 Å². The first-order valence-electron chi connectivity index (χ1n) is 5.57. The molecule has 0 spiro atoms. The first-order valence-corrected chi connectivity index (χ1v) is 5.57. The molecular weight excluding hydrogens is 270 g/mol. The smallest absolute Gasteiger partial charge is 0.387 e. The lowest BCUT2D eigenvalue weighted by atomic mass is 10.3. The topological polar surface area (TPSA) is 82.3 Å². The maximum Gasteiger partial charge on any atom is 0.387 e. The van der Waals surface area contributed by atoms with Gasteiger partial charge in [-0.25, -0.2) is 9.97 Å². The van der Waals surface area contributed by atoms with Crippen LogP contribution in [0.25, 0.3) is 0 Å². The predicted octanol–water partition coefficient (Wildman–Crippen LogP) is 2.41. The van der Waals surface area contributed by atoms with E-state index in [1.165, 1.54) is 19.5 Å². The molecule has 0 atom stereocenters. The number of halogens is 2. The van der Waals surface area contributed by atoms with Gasteiger partial charge in [-0.3, -0.25) is 0 Å². The van der Waals surface area contributed by atoms with Gasteiger partial charge < -0.3 is 20.5 Å². The summed E-state index contributed by atoms with van der Waals surface area (Å²) in [5, 5.41) is 2.82. The van der Waals surface area contributed by atoms with Crippen molar-refractivity contribution in [1.29, 1.82) is 0 Å². The van der Waals surface area contributed by atoms with Crippen LogP contribution in [-0.2, 0) is 0 Å². The fraction of sp³-hybridized carbons (Fsp3) is 0.167. The number of nitrogens with zero attached hydrogens (tertiary/aromatic N) is 2. The standard InChI is InChI=1S/C12H12F2N4O2/c1-19-9-10(15)16-6-17-11(9)18-7-4-2-3-5-8(7)20-12(13)14/h2-6,12H,1H3,(H3,15,16,17,18). The van der Waals surface area contributed by atoms with Gasteiger partial charge in [0.25, 0.3) is 0 Å². The minimum absolute atomic E-state index is 0.0123. The molecule has 0 radical (unpaired) electrons. The molecule has 0 fully saturated rings. The Balaban J connectivity index is 2.33. The molecule has 1 aromatic heterocycles. The number of rotatable bonds is 5. The Morgan fingerprint density at radius 3 is 2.70 bits per heavy atom. The number of hydrogen-bond acceptors (Lipinski definition) is 6. The van der Waals surface area contributed by atoms with Crippen LogP contribution in [-0.4, -0.2) is 23.7 Å². The summed E-state index contributed by atoms with van der Waals surface area (Å²) in [6.07, 6.45) is 1.23. The summed E-state index contributed by atoms with van der Waals surface area (Å²) in [5.74, 6) is 0.601. The number of anilines is 3. The maximum absolute atomic E-state index is 12.3. The van der Waals surface area contributed by atoms with E-state index < -0.39 is 6.61 Å². The lowest BCUT2D eigenvalue weighted by molar-refractivity contribution is -0.0493. The highest BCUT2D eigenvalue weighted by molar-refractivity contribution is 5.71. The van der Waals surface area contributed by atoms with Gasteiger partial charge in [0, 0.05) is 0 Å². The van der Waals surface area contributed by atoms with Crippen molar-refractivity contribution in [2.75, 3.05) is 18.2 Å². The van der Waals surface area contributed by atoms with Gasteiger partial charge in [0.15, 0.2) is 11.6 Å². The third-order valence-corrected chi connectivity index (χ3v) is 2.39. The SMILES string of the molecule is COc1c(N)ncnc1Nc1ccccc1OC(F)F. The number of para-hydroxylation sites is 2. The van der Waals surface area contributed by atoms with E-state index in [0.29, 0.717) is 5.69 Å². The number of hydrogen-bond donors (Lipinski definition) is 2. The van der Waals surface area contributed by atoms with Crippen molar-refractivity contribution in [2.24, 2.45) is 0 Å². The second-order valence-electron chi connectivity index (χ2n) is 3.64. The number of methoxy groups -OCH3 is 1. The van der Waals surface area contributed by atoms with E-state index in [-0.39, 0.29) is 23.1 Å². The van der Waals surface area contributed by atoms with Gasteiger partial charge >= 0.3 is 6.61 Å². The minimum Gasteiger partial charge on any atom is -0.490 e. The predicted molar refractivity (Wildman–Crippen MR) is 69.4 cm³/mol. The molecule has 0 aliphatic carbocycles. The second-order valence-corrected chi connectivity index (χ2v) is 3.64. The summed E-state index contributed by atoms with van der Waals surface area (Å²) in [5.41, 5.74) is 5.95. The fourth-order valence-corrected chi connectivity index (χ4v) is 1.57. The van der Waals surface area contributed by atoms with Crippen LogP contribution in [0.5, 0.6) is 11.5 Å². The molecule has 1 heterocycles. The van der Waals surface area contributed by atoms with E-state index in [9.17, 15) is 8.78 Å². The lowest BCUT2D eigenvalue weighted by Gasteiger charge is -2.14. The molecule has 2 aromatic rings. The van der Waals surface area contributed by atoms with Crippen LogP contribution < -0.4 is 20.5 Å². The largest absolute Gasteiger partial charge is 0.490 e. The van der Waals surface area contributed by atoms with Crippen molar-refractivity contribution < 1.29 is 18.3 Å². The van der Waals surface area contributed by atoms with Gasteiger partial charge in [-0.2, -0.15) is 8.78 Å². The fourth-order valence-electron chi connectivity index (χ4n) is 1.57. The first kappa shape index (κ1) is 13.8. The highest BCUT2D eigenvalue weighted by Crippen LogP contribution is 2.33. The van der Waals surface area contributed by atoms with Crippen molar-refractivity contribution in [1.82, 2.24) is 9.97 Å². The maximum atomic E-state index is 12.3. The number of alkyl halides is 2. The van der Waals surface area contributed by atoms with E-state index >= 15 is 0 Å². The first-order chi connectivity index (χ1) is 9.61. The van der Waals surface area contributed by atoms with Crippen molar-refractivity contribution in [3.63, 3.8) is 0 Å². The van der Waals surface area contributed by atoms with Gasteiger partial charge in [-0.15, -0.1) is 0 Å². The number of aromatic nitrogens is 2. The summed E-state index contributed by atoms with van der Waals surface area (Å²) in [6, 6.07) is 6.22.